The van der Waals surface area contributed by atoms with E-state index in [0.29, 0.717) is 37.4 Å². The van der Waals surface area contributed by atoms with Gasteiger partial charge in [0.2, 0.25) is 11.8 Å². The van der Waals surface area contributed by atoms with Crippen LogP contribution in [0.3, 0.4) is 0 Å². The van der Waals surface area contributed by atoms with E-state index in [0.717, 1.165) is 48.3 Å². The van der Waals surface area contributed by atoms with Crippen LogP contribution in [0.5, 0.6) is 11.5 Å². The zero-order valence-electron chi connectivity index (χ0n) is 21.3. The van der Waals surface area contributed by atoms with Crippen LogP contribution in [0, 0.1) is 11.8 Å². The molecule has 190 valence electrons. The molecule has 6 heteroatoms. The summed E-state index contributed by atoms with van der Waals surface area (Å²) >= 11 is 0. The highest BCUT2D eigenvalue weighted by molar-refractivity contribution is 5.92. The van der Waals surface area contributed by atoms with Gasteiger partial charge in [-0.3, -0.25) is 9.59 Å². The summed E-state index contributed by atoms with van der Waals surface area (Å²) in [5, 5.41) is 5.62. The van der Waals surface area contributed by atoms with Crippen molar-refractivity contribution in [2.24, 2.45) is 0 Å². The summed E-state index contributed by atoms with van der Waals surface area (Å²) in [6, 6.07) is 15.4. The van der Waals surface area contributed by atoms with Gasteiger partial charge >= 0.3 is 0 Å². The Hall–Kier alpha value is -3.98. The molecule has 0 radical (unpaired) electrons. The van der Waals surface area contributed by atoms with E-state index >= 15 is 0 Å². The minimum absolute atomic E-state index is 0.105. The van der Waals surface area contributed by atoms with Crippen molar-refractivity contribution in [1.29, 1.82) is 0 Å². The van der Waals surface area contributed by atoms with E-state index in [9.17, 15) is 9.59 Å². The molecule has 2 amide bonds. The molecule has 0 unspecified atom stereocenters. The molecule has 0 spiro atoms. The van der Waals surface area contributed by atoms with Gasteiger partial charge in [0.05, 0.1) is 13.2 Å². The van der Waals surface area contributed by atoms with Crippen molar-refractivity contribution in [3.63, 3.8) is 0 Å². The third-order valence-electron chi connectivity index (χ3n) is 5.09. The number of benzene rings is 2. The van der Waals surface area contributed by atoms with Crippen molar-refractivity contribution < 1.29 is 19.1 Å². The summed E-state index contributed by atoms with van der Waals surface area (Å²) in [5.41, 5.74) is 2.85. The van der Waals surface area contributed by atoms with Gasteiger partial charge in [0, 0.05) is 35.4 Å². The molecule has 0 aliphatic heterocycles. The third-order valence-corrected chi connectivity index (χ3v) is 5.09. The molecule has 0 bridgehead atoms. The number of nitrogens with one attached hydrogen (secondary N) is 2. The molecule has 2 rings (SSSR count). The fourth-order valence-corrected chi connectivity index (χ4v) is 2.95. The van der Waals surface area contributed by atoms with Crippen molar-refractivity contribution in [2.45, 2.75) is 39.5 Å². The van der Waals surface area contributed by atoms with Crippen LogP contribution >= 0.6 is 0 Å². The van der Waals surface area contributed by atoms with E-state index in [1.165, 1.54) is 0 Å². The van der Waals surface area contributed by atoms with Crippen LogP contribution < -0.4 is 20.1 Å². The minimum atomic E-state index is -0.105. The monoisotopic (exact) mass is 488 g/mol. The first-order chi connectivity index (χ1) is 17.3. The van der Waals surface area contributed by atoms with Crippen LogP contribution in [-0.4, -0.2) is 38.1 Å². The maximum atomic E-state index is 11.4. The standard InChI is InChI=1S/C30H36N2O4/c1-23(2)29(33)31-19-5-7-21-35-27-15-11-25(12-16-27)9-10-26-13-17-28(18-14-26)36-22-8-6-20-32-30(34)24(3)4/h11-18H,1,3,5-8,19-22H2,2,4H3,(H,31,33)(H,32,34). The highest BCUT2D eigenvalue weighted by Gasteiger charge is 2.01. The van der Waals surface area contributed by atoms with Crippen molar-refractivity contribution in [3.8, 4) is 23.3 Å². The van der Waals surface area contributed by atoms with E-state index in [1.807, 2.05) is 48.5 Å². The van der Waals surface area contributed by atoms with Crippen LogP contribution in [0.15, 0.2) is 72.8 Å². The van der Waals surface area contributed by atoms with Crippen molar-refractivity contribution in [2.75, 3.05) is 26.3 Å². The highest BCUT2D eigenvalue weighted by atomic mass is 16.5. The van der Waals surface area contributed by atoms with Crippen LogP contribution in [0.4, 0.5) is 0 Å². The SMILES string of the molecule is C=C(C)C(=O)NCCCCOc1ccc(C#Cc2ccc(OCCCCNC(=O)C(=C)C)cc2)cc1. The topological polar surface area (TPSA) is 76.7 Å². The summed E-state index contributed by atoms with van der Waals surface area (Å²) < 4.78 is 11.5. The number of hydrogen-bond acceptors (Lipinski definition) is 4. The number of ether oxygens (including phenoxy) is 2. The van der Waals surface area contributed by atoms with E-state index in [-0.39, 0.29) is 11.8 Å². The number of unbranched alkanes of at least 4 members (excludes halogenated alkanes) is 2. The zero-order chi connectivity index (χ0) is 26.2. The van der Waals surface area contributed by atoms with Crippen molar-refractivity contribution in [3.05, 3.63) is 84.0 Å². The van der Waals surface area contributed by atoms with Crippen molar-refractivity contribution in [1.82, 2.24) is 10.6 Å². The Morgan fingerprint density at radius 2 is 1.03 bits per heavy atom. The van der Waals surface area contributed by atoms with E-state index in [2.05, 4.69) is 35.6 Å². The summed E-state index contributed by atoms with van der Waals surface area (Å²) in [6.07, 6.45) is 3.40. The van der Waals surface area contributed by atoms with Crippen LogP contribution in [-0.2, 0) is 9.59 Å². The second kappa shape index (κ2) is 15.8. The first-order valence-electron chi connectivity index (χ1n) is 12.2. The van der Waals surface area contributed by atoms with Crippen LogP contribution in [0.1, 0.15) is 50.7 Å². The molecule has 0 aliphatic rings. The molecule has 2 N–H and O–H groups in total. The number of rotatable bonds is 14. The molecule has 6 nitrogen and oxygen atoms in total. The summed E-state index contributed by atoms with van der Waals surface area (Å²) in [6.45, 7) is 13.0. The smallest absolute Gasteiger partial charge is 0.246 e. The fraction of sp³-hybridized carbons (Fsp3) is 0.333. The number of hydrogen-bond donors (Lipinski definition) is 2. The Balaban J connectivity index is 1.65. The Morgan fingerprint density at radius 3 is 1.36 bits per heavy atom. The van der Waals surface area contributed by atoms with Crippen molar-refractivity contribution >= 4 is 11.8 Å². The molecule has 0 atom stereocenters. The Morgan fingerprint density at radius 1 is 0.667 bits per heavy atom. The fourth-order valence-electron chi connectivity index (χ4n) is 2.95. The Labute approximate surface area is 214 Å². The molecule has 0 heterocycles. The molecule has 0 saturated carbocycles. The molecule has 36 heavy (non-hydrogen) atoms. The van der Waals surface area contributed by atoms with Crippen LogP contribution in [0.2, 0.25) is 0 Å². The Kier molecular flexibility index (Phi) is 12.4. The second-order valence-corrected chi connectivity index (χ2v) is 8.48. The number of amides is 2. The van der Waals surface area contributed by atoms with Gasteiger partial charge in [0.25, 0.3) is 0 Å². The van der Waals surface area contributed by atoms with Gasteiger partial charge in [-0.15, -0.1) is 0 Å². The quantitative estimate of drug-likeness (QED) is 0.228. The molecule has 0 fully saturated rings. The van der Waals surface area contributed by atoms with E-state index in [4.69, 9.17) is 9.47 Å². The lowest BCUT2D eigenvalue weighted by molar-refractivity contribution is -0.118. The number of carbonyl (C=O) groups is 2. The molecule has 2 aromatic carbocycles. The highest BCUT2D eigenvalue weighted by Crippen LogP contribution is 2.14. The normalized spacial score (nSPS) is 9.94. The summed E-state index contributed by atoms with van der Waals surface area (Å²) in [5.74, 6) is 7.71. The van der Waals surface area contributed by atoms with Gasteiger partial charge in [-0.1, -0.05) is 25.0 Å². The summed E-state index contributed by atoms with van der Waals surface area (Å²) in [4.78, 5) is 22.8. The predicted octanol–water partition coefficient (Wildman–Crippen LogP) is 4.79. The average Bonchev–Trinajstić information content (AvgIpc) is 2.87. The van der Waals surface area contributed by atoms with Gasteiger partial charge in [-0.25, -0.2) is 0 Å². The maximum absolute atomic E-state index is 11.4. The zero-order valence-corrected chi connectivity index (χ0v) is 21.3. The molecule has 0 saturated heterocycles. The minimum Gasteiger partial charge on any atom is -0.494 e. The number of carbonyl (C=O) groups excluding carboxylic acids is 2. The second-order valence-electron chi connectivity index (χ2n) is 8.48. The van der Waals surface area contributed by atoms with E-state index in [1.54, 1.807) is 13.8 Å². The van der Waals surface area contributed by atoms with Gasteiger partial charge < -0.3 is 20.1 Å². The van der Waals surface area contributed by atoms with E-state index < -0.39 is 0 Å². The maximum Gasteiger partial charge on any atom is 0.246 e. The van der Waals surface area contributed by atoms with Gasteiger partial charge in [0.15, 0.2) is 0 Å². The average molecular weight is 489 g/mol. The largest absolute Gasteiger partial charge is 0.494 e. The first kappa shape index (κ1) is 28.3. The Bertz CT molecular complexity index is 991. The lowest BCUT2D eigenvalue weighted by Crippen LogP contribution is -2.24. The molecular formula is C30H36N2O4. The van der Waals surface area contributed by atoms with Gasteiger partial charge in [-0.05, 0) is 88.1 Å². The molecule has 0 aliphatic carbocycles. The molecule has 0 aromatic heterocycles. The lowest BCUT2D eigenvalue weighted by Gasteiger charge is -2.07. The molecular weight excluding hydrogens is 452 g/mol. The predicted molar refractivity (Wildman–Crippen MR) is 144 cm³/mol. The van der Waals surface area contributed by atoms with Gasteiger partial charge in [-0.2, -0.15) is 0 Å². The van der Waals surface area contributed by atoms with Crippen LogP contribution in [0.25, 0.3) is 0 Å². The lowest BCUT2D eigenvalue weighted by atomic mass is 10.1. The van der Waals surface area contributed by atoms with Gasteiger partial charge in [0.1, 0.15) is 11.5 Å². The first-order valence-corrected chi connectivity index (χ1v) is 12.2. The molecule has 2 aromatic rings. The summed E-state index contributed by atoms with van der Waals surface area (Å²) in [7, 11) is 0. The third kappa shape index (κ3) is 11.4.